The molecular weight excluding hydrogens is 333 g/mol. The van der Waals surface area contributed by atoms with E-state index in [0.29, 0.717) is 19.5 Å². The molecule has 0 bridgehead atoms. The maximum absolute atomic E-state index is 12.9. The molecule has 2 aromatic rings. The summed E-state index contributed by atoms with van der Waals surface area (Å²) >= 11 is 0. The van der Waals surface area contributed by atoms with Crippen molar-refractivity contribution >= 4 is 6.03 Å². The van der Waals surface area contributed by atoms with Crippen LogP contribution in [0.5, 0.6) is 5.75 Å². The minimum absolute atomic E-state index is 0.141. The minimum Gasteiger partial charge on any atom is -0.508 e. The molecule has 1 atom stereocenters. The molecule has 0 unspecified atom stereocenters. The Morgan fingerprint density at radius 3 is 2.27 bits per heavy atom. The number of benzene rings is 2. The SMILES string of the molecule is CN(C)[C@H](CNC(=O)NCCc1ccc(F)cc1)Cc1ccc(O)cc1. The number of urea groups is 1. The highest BCUT2D eigenvalue weighted by atomic mass is 19.1. The minimum atomic E-state index is -0.261. The van der Waals surface area contributed by atoms with Gasteiger partial charge in [0.25, 0.3) is 0 Å². The van der Waals surface area contributed by atoms with Gasteiger partial charge in [0.05, 0.1) is 0 Å². The van der Waals surface area contributed by atoms with Gasteiger partial charge in [0.2, 0.25) is 0 Å². The van der Waals surface area contributed by atoms with Crippen LogP contribution in [0.1, 0.15) is 11.1 Å². The normalized spacial score (nSPS) is 12.0. The molecule has 26 heavy (non-hydrogen) atoms. The predicted octanol–water partition coefficient (Wildman–Crippen LogP) is 2.55. The van der Waals surface area contributed by atoms with E-state index in [9.17, 15) is 14.3 Å². The van der Waals surface area contributed by atoms with Gasteiger partial charge in [-0.25, -0.2) is 9.18 Å². The molecule has 0 spiro atoms. The lowest BCUT2D eigenvalue weighted by atomic mass is 10.1. The first-order valence-corrected chi connectivity index (χ1v) is 8.64. The monoisotopic (exact) mass is 359 g/mol. The summed E-state index contributed by atoms with van der Waals surface area (Å²) in [5.41, 5.74) is 2.07. The molecule has 140 valence electrons. The molecule has 6 heteroatoms. The summed E-state index contributed by atoms with van der Waals surface area (Å²) in [6.45, 7) is 0.998. The number of phenolic OH excluding ortho intramolecular Hbond substituents is 1. The zero-order valence-electron chi connectivity index (χ0n) is 15.2. The van der Waals surface area contributed by atoms with Crippen LogP contribution in [0.15, 0.2) is 48.5 Å². The van der Waals surface area contributed by atoms with E-state index in [1.807, 2.05) is 26.2 Å². The van der Waals surface area contributed by atoms with E-state index < -0.39 is 0 Å². The van der Waals surface area contributed by atoms with Gasteiger partial charge in [-0.3, -0.25) is 0 Å². The van der Waals surface area contributed by atoms with Gasteiger partial charge in [0.15, 0.2) is 0 Å². The Balaban J connectivity index is 1.74. The van der Waals surface area contributed by atoms with E-state index >= 15 is 0 Å². The van der Waals surface area contributed by atoms with Crippen LogP contribution in [0.3, 0.4) is 0 Å². The standard InChI is InChI=1S/C20H26FN3O2/c1-24(2)18(13-16-5-9-19(25)10-6-16)14-23-20(26)22-12-11-15-3-7-17(21)8-4-15/h3-10,18,25H,11-14H2,1-2H3,(H2,22,23,26)/t18-/m0/s1. The van der Waals surface area contributed by atoms with Gasteiger partial charge in [-0.1, -0.05) is 24.3 Å². The number of nitrogens with zero attached hydrogens (tertiary/aromatic N) is 1. The van der Waals surface area contributed by atoms with Gasteiger partial charge < -0.3 is 20.6 Å². The van der Waals surface area contributed by atoms with Crippen molar-refractivity contribution in [3.8, 4) is 5.75 Å². The molecule has 0 radical (unpaired) electrons. The van der Waals surface area contributed by atoms with Crippen LogP contribution in [-0.2, 0) is 12.8 Å². The quantitative estimate of drug-likeness (QED) is 0.679. The van der Waals surface area contributed by atoms with Gasteiger partial charge in [0, 0.05) is 19.1 Å². The van der Waals surface area contributed by atoms with Crippen LogP contribution in [-0.4, -0.2) is 49.3 Å². The maximum Gasteiger partial charge on any atom is 0.314 e. The lowest BCUT2D eigenvalue weighted by Gasteiger charge is -2.25. The highest BCUT2D eigenvalue weighted by Gasteiger charge is 2.13. The van der Waals surface area contributed by atoms with Crippen LogP contribution in [0.25, 0.3) is 0 Å². The first-order chi connectivity index (χ1) is 12.4. The molecule has 2 aromatic carbocycles. The predicted molar refractivity (Wildman–Crippen MR) is 101 cm³/mol. The largest absolute Gasteiger partial charge is 0.508 e. The zero-order chi connectivity index (χ0) is 18.9. The van der Waals surface area contributed by atoms with Gasteiger partial charge in [-0.2, -0.15) is 0 Å². The Bertz CT molecular complexity index is 687. The van der Waals surface area contributed by atoms with Crippen LogP contribution in [0.4, 0.5) is 9.18 Å². The molecule has 0 saturated carbocycles. The van der Waals surface area contributed by atoms with E-state index in [1.54, 1.807) is 24.3 Å². The van der Waals surface area contributed by atoms with Crippen molar-refractivity contribution in [2.24, 2.45) is 0 Å². The van der Waals surface area contributed by atoms with Crippen molar-refractivity contribution in [3.63, 3.8) is 0 Å². The van der Waals surface area contributed by atoms with Crippen molar-refractivity contribution in [3.05, 3.63) is 65.5 Å². The first kappa shape index (κ1) is 19.7. The van der Waals surface area contributed by atoms with E-state index in [4.69, 9.17) is 0 Å². The molecule has 2 amide bonds. The van der Waals surface area contributed by atoms with Gasteiger partial charge >= 0.3 is 6.03 Å². The number of nitrogens with one attached hydrogen (secondary N) is 2. The number of carbonyl (C=O) groups is 1. The van der Waals surface area contributed by atoms with Crippen molar-refractivity contribution in [1.29, 1.82) is 0 Å². The van der Waals surface area contributed by atoms with E-state index in [1.165, 1.54) is 12.1 Å². The third-order valence-electron chi connectivity index (χ3n) is 4.25. The number of likely N-dealkylation sites (N-methyl/N-ethyl adjacent to an activating group) is 1. The Kier molecular flexibility index (Phi) is 7.41. The lowest BCUT2D eigenvalue weighted by Crippen LogP contribution is -2.45. The number of rotatable bonds is 8. The summed E-state index contributed by atoms with van der Waals surface area (Å²) < 4.78 is 12.9. The summed E-state index contributed by atoms with van der Waals surface area (Å²) in [6, 6.07) is 13.3. The second kappa shape index (κ2) is 9.77. The Morgan fingerprint density at radius 2 is 1.65 bits per heavy atom. The zero-order valence-corrected chi connectivity index (χ0v) is 15.2. The number of amides is 2. The fourth-order valence-corrected chi connectivity index (χ4v) is 2.59. The highest BCUT2D eigenvalue weighted by Crippen LogP contribution is 2.12. The molecular formula is C20H26FN3O2. The van der Waals surface area contributed by atoms with Crippen molar-refractivity contribution in [1.82, 2.24) is 15.5 Å². The average Bonchev–Trinajstić information content (AvgIpc) is 2.61. The van der Waals surface area contributed by atoms with Crippen molar-refractivity contribution in [2.45, 2.75) is 18.9 Å². The van der Waals surface area contributed by atoms with Crippen LogP contribution >= 0.6 is 0 Å². The summed E-state index contributed by atoms with van der Waals surface area (Å²) in [7, 11) is 3.94. The Hall–Kier alpha value is -2.60. The molecule has 0 saturated heterocycles. The maximum atomic E-state index is 12.9. The smallest absolute Gasteiger partial charge is 0.314 e. The fraction of sp³-hybridized carbons (Fsp3) is 0.350. The summed E-state index contributed by atoms with van der Waals surface area (Å²) in [6.07, 6.45) is 1.42. The summed E-state index contributed by atoms with van der Waals surface area (Å²) in [4.78, 5) is 14.0. The Labute approximate surface area is 153 Å². The number of hydrogen-bond donors (Lipinski definition) is 3. The molecule has 0 aliphatic carbocycles. The van der Waals surface area contributed by atoms with Crippen molar-refractivity contribution < 1.29 is 14.3 Å². The van der Waals surface area contributed by atoms with Gasteiger partial charge in [-0.05, 0) is 62.3 Å². The Morgan fingerprint density at radius 1 is 1.04 bits per heavy atom. The van der Waals surface area contributed by atoms with E-state index in [0.717, 1.165) is 17.5 Å². The number of carbonyl (C=O) groups excluding carboxylic acids is 1. The van der Waals surface area contributed by atoms with Crippen LogP contribution < -0.4 is 10.6 Å². The third kappa shape index (κ3) is 6.72. The second-order valence-electron chi connectivity index (χ2n) is 6.50. The molecule has 0 aliphatic heterocycles. The van der Waals surface area contributed by atoms with Crippen LogP contribution in [0.2, 0.25) is 0 Å². The first-order valence-electron chi connectivity index (χ1n) is 8.64. The molecule has 0 heterocycles. The van der Waals surface area contributed by atoms with Gasteiger partial charge in [-0.15, -0.1) is 0 Å². The molecule has 3 N–H and O–H groups in total. The average molecular weight is 359 g/mol. The molecule has 2 rings (SSSR count). The lowest BCUT2D eigenvalue weighted by molar-refractivity contribution is 0.232. The number of aromatic hydroxyl groups is 1. The third-order valence-corrected chi connectivity index (χ3v) is 4.25. The number of halogens is 1. The number of hydrogen-bond acceptors (Lipinski definition) is 3. The van der Waals surface area contributed by atoms with Crippen molar-refractivity contribution in [2.75, 3.05) is 27.2 Å². The van der Waals surface area contributed by atoms with E-state index in [-0.39, 0.29) is 23.6 Å². The molecule has 0 fully saturated rings. The summed E-state index contributed by atoms with van der Waals surface area (Å²) in [5, 5.41) is 15.1. The topological polar surface area (TPSA) is 64.6 Å². The molecule has 5 nitrogen and oxygen atoms in total. The number of phenols is 1. The summed E-state index contributed by atoms with van der Waals surface area (Å²) in [5.74, 6) is -0.0170. The van der Waals surface area contributed by atoms with Crippen LogP contribution in [0, 0.1) is 5.82 Å². The van der Waals surface area contributed by atoms with E-state index in [2.05, 4.69) is 15.5 Å². The molecule has 0 aromatic heterocycles. The fourth-order valence-electron chi connectivity index (χ4n) is 2.59. The second-order valence-corrected chi connectivity index (χ2v) is 6.50. The van der Waals surface area contributed by atoms with Gasteiger partial charge in [0.1, 0.15) is 11.6 Å². The highest BCUT2D eigenvalue weighted by molar-refractivity contribution is 5.73. The molecule has 0 aliphatic rings.